The number of hydrogen-bond donors (Lipinski definition) is 0. The second-order valence-electron chi connectivity index (χ2n) is 16.3. The Morgan fingerprint density at radius 3 is 1.16 bits per heavy atom. The molecule has 0 saturated heterocycles. The average molecular weight is 861 g/mol. The van der Waals surface area contributed by atoms with E-state index in [-0.39, 0.29) is 38.0 Å². The lowest BCUT2D eigenvalue weighted by Crippen LogP contribution is -2.30. The third kappa shape index (κ3) is 47.4. The molecule has 6 heteroatoms. The lowest BCUT2D eigenvalue weighted by molar-refractivity contribution is -0.166. The molecule has 1 atom stereocenters. The van der Waals surface area contributed by atoms with E-state index >= 15 is 0 Å². The first-order valence-electron chi connectivity index (χ1n) is 25.2. The quantitative estimate of drug-likeness (QED) is 0.0263. The summed E-state index contributed by atoms with van der Waals surface area (Å²) in [5, 5.41) is 0. The van der Waals surface area contributed by atoms with Crippen LogP contribution in [0.1, 0.15) is 220 Å². The van der Waals surface area contributed by atoms with Gasteiger partial charge in [0.1, 0.15) is 13.2 Å². The highest BCUT2D eigenvalue weighted by Gasteiger charge is 2.19. The number of hydrogen-bond acceptors (Lipinski definition) is 6. The van der Waals surface area contributed by atoms with Gasteiger partial charge in [0.25, 0.3) is 0 Å². The minimum absolute atomic E-state index is 0.121. The number of esters is 3. The molecule has 1 unspecified atom stereocenters. The van der Waals surface area contributed by atoms with Gasteiger partial charge < -0.3 is 14.2 Å². The van der Waals surface area contributed by atoms with Gasteiger partial charge in [-0.05, 0) is 96.3 Å². The smallest absolute Gasteiger partial charge is 0.309 e. The summed E-state index contributed by atoms with van der Waals surface area (Å²) in [6.45, 7) is 6.27. The highest BCUT2D eigenvalue weighted by atomic mass is 16.6. The maximum atomic E-state index is 12.7. The summed E-state index contributed by atoms with van der Waals surface area (Å²) in [6, 6.07) is 0. The van der Waals surface area contributed by atoms with Gasteiger partial charge in [-0.1, -0.05) is 201 Å². The van der Waals surface area contributed by atoms with Crippen LogP contribution in [0, 0.1) is 0 Å². The van der Waals surface area contributed by atoms with Crippen LogP contribution in [0.2, 0.25) is 0 Å². The molecule has 0 saturated carbocycles. The molecule has 0 aliphatic heterocycles. The van der Waals surface area contributed by atoms with Gasteiger partial charge in [0.05, 0.1) is 6.42 Å². The lowest BCUT2D eigenvalue weighted by atomic mass is 10.1. The SMILES string of the molecule is CC/C=C\C/C=C\C/C=C\C/C=C\CCCCCC(=O)OC(COC(=O)C/C=C\C/C=C\C/C=C\CC)COC(=O)CCCCCCCCC/C=C\CCCCCCCCCC. The maximum absolute atomic E-state index is 12.7. The van der Waals surface area contributed by atoms with Gasteiger partial charge in [0.15, 0.2) is 6.10 Å². The molecular formula is C56H92O6. The van der Waals surface area contributed by atoms with Crippen molar-refractivity contribution in [3.05, 3.63) is 97.2 Å². The molecule has 352 valence electrons. The number of carbonyl (C=O) groups is 3. The van der Waals surface area contributed by atoms with Crippen molar-refractivity contribution >= 4 is 17.9 Å². The monoisotopic (exact) mass is 861 g/mol. The first-order valence-corrected chi connectivity index (χ1v) is 25.2. The molecule has 0 fully saturated rings. The molecule has 0 aromatic rings. The lowest BCUT2D eigenvalue weighted by Gasteiger charge is -2.18. The second-order valence-corrected chi connectivity index (χ2v) is 16.3. The van der Waals surface area contributed by atoms with Crippen molar-refractivity contribution in [3.8, 4) is 0 Å². The van der Waals surface area contributed by atoms with E-state index in [1.54, 1.807) is 6.08 Å². The summed E-state index contributed by atoms with van der Waals surface area (Å²) >= 11 is 0. The number of carbonyl (C=O) groups excluding carboxylic acids is 3. The fraction of sp³-hybridized carbons (Fsp3) is 0.661. The first kappa shape index (κ1) is 58.3. The molecule has 6 nitrogen and oxygen atoms in total. The molecule has 0 aromatic carbocycles. The third-order valence-corrected chi connectivity index (χ3v) is 10.3. The standard InChI is InChI=1S/C56H92O6/c1-4-7-10-13-16-19-21-23-25-27-28-29-31-32-34-37-40-43-46-49-55(58)61-52-53(51-60-54(57)48-45-42-39-36-18-15-12-9-6-3)62-56(59)50-47-44-41-38-35-33-30-26-24-22-20-17-14-11-8-5-2/h8-9,11-12,17-18,20,24,26-28,33,35-36,42,45,53H,4-7,10,13-16,19,21-23,25,29-32,34,37-41,43-44,46-52H2,1-3H3/b11-8-,12-9-,20-17-,26-24-,28-27-,35-33-,36-18-,45-42-. The van der Waals surface area contributed by atoms with Gasteiger partial charge in [0.2, 0.25) is 0 Å². The van der Waals surface area contributed by atoms with Crippen molar-refractivity contribution in [1.29, 1.82) is 0 Å². The normalized spacial score (nSPS) is 12.9. The van der Waals surface area contributed by atoms with Crippen LogP contribution in [-0.2, 0) is 28.6 Å². The molecule has 0 rings (SSSR count). The van der Waals surface area contributed by atoms with Gasteiger partial charge in [-0.15, -0.1) is 0 Å². The zero-order valence-electron chi connectivity index (χ0n) is 40.1. The second kappa shape index (κ2) is 50.0. The van der Waals surface area contributed by atoms with Crippen molar-refractivity contribution in [3.63, 3.8) is 0 Å². The zero-order chi connectivity index (χ0) is 45.1. The Labute approximate surface area is 381 Å². The molecule has 0 aromatic heterocycles. The van der Waals surface area contributed by atoms with E-state index in [0.29, 0.717) is 12.8 Å². The zero-order valence-corrected chi connectivity index (χ0v) is 40.1. The minimum Gasteiger partial charge on any atom is -0.462 e. The number of rotatable bonds is 44. The van der Waals surface area contributed by atoms with Crippen LogP contribution in [0.4, 0.5) is 0 Å². The van der Waals surface area contributed by atoms with E-state index in [1.165, 1.54) is 89.9 Å². The number of allylic oxidation sites excluding steroid dienone is 15. The summed E-state index contributed by atoms with van der Waals surface area (Å²) in [5.74, 6) is -1.09. The highest BCUT2D eigenvalue weighted by Crippen LogP contribution is 2.13. The largest absolute Gasteiger partial charge is 0.462 e. The summed E-state index contributed by atoms with van der Waals surface area (Å²) in [6.07, 6.45) is 65.8. The predicted octanol–water partition coefficient (Wildman–Crippen LogP) is 16.6. The number of unbranched alkanes of at least 4 members (excludes halogenated alkanes) is 18. The van der Waals surface area contributed by atoms with Gasteiger partial charge in [-0.2, -0.15) is 0 Å². The molecule has 0 heterocycles. The summed E-state index contributed by atoms with van der Waals surface area (Å²) in [4.78, 5) is 37.8. The van der Waals surface area contributed by atoms with Crippen LogP contribution in [-0.4, -0.2) is 37.2 Å². The van der Waals surface area contributed by atoms with E-state index in [0.717, 1.165) is 83.5 Å². The van der Waals surface area contributed by atoms with Crippen LogP contribution in [0.25, 0.3) is 0 Å². The number of ether oxygens (including phenoxy) is 3. The van der Waals surface area contributed by atoms with Crippen molar-refractivity contribution in [2.45, 2.75) is 226 Å². The molecule has 0 N–H and O–H groups in total. The molecule has 0 aliphatic rings. The molecule has 0 spiro atoms. The Bertz CT molecular complexity index is 1260. The van der Waals surface area contributed by atoms with Crippen molar-refractivity contribution in [2.24, 2.45) is 0 Å². The van der Waals surface area contributed by atoms with Gasteiger partial charge in [-0.3, -0.25) is 14.4 Å². The van der Waals surface area contributed by atoms with Crippen molar-refractivity contribution in [1.82, 2.24) is 0 Å². The van der Waals surface area contributed by atoms with E-state index in [1.807, 2.05) is 6.08 Å². The molecule has 0 aliphatic carbocycles. The van der Waals surface area contributed by atoms with Crippen LogP contribution < -0.4 is 0 Å². The Morgan fingerprint density at radius 1 is 0.355 bits per heavy atom. The van der Waals surface area contributed by atoms with Crippen LogP contribution in [0.5, 0.6) is 0 Å². The summed E-state index contributed by atoms with van der Waals surface area (Å²) < 4.78 is 16.6. The Morgan fingerprint density at radius 2 is 0.694 bits per heavy atom. The van der Waals surface area contributed by atoms with Gasteiger partial charge in [0, 0.05) is 12.8 Å². The van der Waals surface area contributed by atoms with Crippen LogP contribution >= 0.6 is 0 Å². The summed E-state index contributed by atoms with van der Waals surface area (Å²) in [7, 11) is 0. The third-order valence-electron chi connectivity index (χ3n) is 10.3. The Balaban J connectivity index is 4.42. The predicted molar refractivity (Wildman–Crippen MR) is 265 cm³/mol. The van der Waals surface area contributed by atoms with E-state index in [4.69, 9.17) is 14.2 Å². The molecule has 0 radical (unpaired) electrons. The van der Waals surface area contributed by atoms with Crippen molar-refractivity contribution in [2.75, 3.05) is 13.2 Å². The highest BCUT2D eigenvalue weighted by molar-refractivity contribution is 5.72. The minimum atomic E-state index is -0.831. The molecule has 0 bridgehead atoms. The van der Waals surface area contributed by atoms with Gasteiger partial charge in [-0.25, -0.2) is 0 Å². The Hall–Kier alpha value is -3.67. The summed E-state index contributed by atoms with van der Waals surface area (Å²) in [5.41, 5.74) is 0. The topological polar surface area (TPSA) is 78.9 Å². The fourth-order valence-electron chi connectivity index (χ4n) is 6.61. The van der Waals surface area contributed by atoms with Gasteiger partial charge >= 0.3 is 17.9 Å². The molecule has 0 amide bonds. The maximum Gasteiger partial charge on any atom is 0.309 e. The Kier molecular flexibility index (Phi) is 47.0. The molecule has 62 heavy (non-hydrogen) atoms. The van der Waals surface area contributed by atoms with Crippen LogP contribution in [0.3, 0.4) is 0 Å². The van der Waals surface area contributed by atoms with E-state index < -0.39 is 12.1 Å². The average Bonchev–Trinajstić information content (AvgIpc) is 3.27. The van der Waals surface area contributed by atoms with E-state index in [2.05, 4.69) is 106 Å². The molecular weight excluding hydrogens is 769 g/mol. The van der Waals surface area contributed by atoms with Crippen molar-refractivity contribution < 1.29 is 28.6 Å². The fourth-order valence-corrected chi connectivity index (χ4v) is 6.61. The van der Waals surface area contributed by atoms with E-state index in [9.17, 15) is 14.4 Å². The van der Waals surface area contributed by atoms with Crippen LogP contribution in [0.15, 0.2) is 97.2 Å². The first-order chi connectivity index (χ1) is 30.5.